The van der Waals surface area contributed by atoms with Gasteiger partial charge in [-0.1, -0.05) is 32.9 Å². The molecule has 0 aliphatic rings. The van der Waals surface area contributed by atoms with Gasteiger partial charge in [0.2, 0.25) is 0 Å². The smallest absolute Gasteiger partial charge is 0.0342 e. The average Bonchev–Trinajstić information content (AvgIpc) is 2.01. The van der Waals surface area contributed by atoms with Crippen LogP contribution in [0.3, 0.4) is 0 Å². The number of hydrogen-bond acceptors (Lipinski definition) is 1. The summed E-state index contributed by atoms with van der Waals surface area (Å²) in [5, 5.41) is 3.44. The molecule has 0 amide bonds. The second-order valence-corrected chi connectivity index (χ2v) is 5.11. The van der Waals surface area contributed by atoms with E-state index in [4.69, 9.17) is 0 Å². The molecule has 0 fully saturated rings. The first kappa shape index (κ1) is 11.1. The number of nitrogens with one attached hydrogen (secondary N) is 1. The maximum atomic E-state index is 3.44. The van der Waals surface area contributed by atoms with Crippen LogP contribution in [0.15, 0.2) is 24.3 Å². The van der Waals surface area contributed by atoms with E-state index in [2.05, 4.69) is 57.3 Å². The topological polar surface area (TPSA) is 12.0 Å². The summed E-state index contributed by atoms with van der Waals surface area (Å²) in [4.78, 5) is 0. The standard InChI is InChI=1S/C13H21N/c1-11-6-5-7-12(10-11)14-9-8-13(2,3)4/h5-7,10,14H,8-9H2,1-4H3. The van der Waals surface area contributed by atoms with Gasteiger partial charge in [-0.2, -0.15) is 0 Å². The molecule has 0 bridgehead atoms. The van der Waals surface area contributed by atoms with E-state index in [0.29, 0.717) is 5.41 Å². The molecule has 0 aliphatic carbocycles. The molecule has 1 aromatic carbocycles. The summed E-state index contributed by atoms with van der Waals surface area (Å²) in [6.07, 6.45) is 1.20. The van der Waals surface area contributed by atoms with Crippen LogP contribution in [0.5, 0.6) is 0 Å². The molecule has 0 aliphatic heterocycles. The summed E-state index contributed by atoms with van der Waals surface area (Å²) in [7, 11) is 0. The number of hydrogen-bond donors (Lipinski definition) is 1. The van der Waals surface area contributed by atoms with Crippen LogP contribution < -0.4 is 5.32 Å². The van der Waals surface area contributed by atoms with Crippen molar-refractivity contribution in [1.29, 1.82) is 0 Å². The van der Waals surface area contributed by atoms with Crippen LogP contribution in [0.1, 0.15) is 32.8 Å². The Balaban J connectivity index is 2.39. The van der Waals surface area contributed by atoms with Crippen LogP contribution in [-0.2, 0) is 0 Å². The van der Waals surface area contributed by atoms with E-state index in [-0.39, 0.29) is 0 Å². The Hall–Kier alpha value is -0.980. The van der Waals surface area contributed by atoms with Gasteiger partial charge in [-0.15, -0.1) is 0 Å². The van der Waals surface area contributed by atoms with E-state index in [1.807, 2.05) is 0 Å². The summed E-state index contributed by atoms with van der Waals surface area (Å²) in [6.45, 7) is 9.97. The van der Waals surface area contributed by atoms with Crippen molar-refractivity contribution in [3.8, 4) is 0 Å². The van der Waals surface area contributed by atoms with Crippen molar-refractivity contribution in [3.63, 3.8) is 0 Å². The lowest BCUT2D eigenvalue weighted by Gasteiger charge is -2.18. The number of aryl methyl sites for hydroxylation is 1. The van der Waals surface area contributed by atoms with Gasteiger partial charge in [-0.25, -0.2) is 0 Å². The number of rotatable bonds is 3. The van der Waals surface area contributed by atoms with Crippen LogP contribution >= 0.6 is 0 Å². The fourth-order valence-electron chi connectivity index (χ4n) is 1.34. The molecular weight excluding hydrogens is 170 g/mol. The monoisotopic (exact) mass is 191 g/mol. The maximum Gasteiger partial charge on any atom is 0.0342 e. The third kappa shape index (κ3) is 4.31. The summed E-state index contributed by atoms with van der Waals surface area (Å²) >= 11 is 0. The van der Waals surface area contributed by atoms with Crippen LogP contribution in [0.2, 0.25) is 0 Å². The largest absolute Gasteiger partial charge is 0.385 e. The molecule has 0 unspecified atom stereocenters. The Kier molecular flexibility index (Phi) is 3.56. The summed E-state index contributed by atoms with van der Waals surface area (Å²) in [5.41, 5.74) is 2.96. The van der Waals surface area contributed by atoms with Crippen LogP contribution in [0.4, 0.5) is 5.69 Å². The Morgan fingerprint density at radius 2 is 1.93 bits per heavy atom. The Labute approximate surface area is 87.5 Å². The van der Waals surface area contributed by atoms with Crippen LogP contribution in [0.25, 0.3) is 0 Å². The molecule has 78 valence electrons. The van der Waals surface area contributed by atoms with Crippen molar-refractivity contribution in [2.45, 2.75) is 34.1 Å². The van der Waals surface area contributed by atoms with Crippen molar-refractivity contribution in [3.05, 3.63) is 29.8 Å². The van der Waals surface area contributed by atoms with Gasteiger partial charge in [0.25, 0.3) is 0 Å². The minimum atomic E-state index is 0.414. The van der Waals surface area contributed by atoms with E-state index in [1.165, 1.54) is 17.7 Å². The fraction of sp³-hybridized carbons (Fsp3) is 0.538. The lowest BCUT2D eigenvalue weighted by Crippen LogP contribution is -2.12. The highest BCUT2D eigenvalue weighted by atomic mass is 14.9. The first-order chi connectivity index (χ1) is 6.47. The SMILES string of the molecule is Cc1cccc(NCCC(C)(C)C)c1. The minimum absolute atomic E-state index is 0.414. The molecule has 0 heterocycles. The van der Waals surface area contributed by atoms with E-state index < -0.39 is 0 Å². The Morgan fingerprint density at radius 1 is 1.21 bits per heavy atom. The van der Waals surface area contributed by atoms with Gasteiger partial charge in [0, 0.05) is 12.2 Å². The predicted molar refractivity (Wildman–Crippen MR) is 63.7 cm³/mol. The first-order valence-electron chi connectivity index (χ1n) is 5.28. The van der Waals surface area contributed by atoms with E-state index >= 15 is 0 Å². The molecule has 0 aromatic heterocycles. The zero-order valence-electron chi connectivity index (χ0n) is 9.72. The Bertz CT molecular complexity index is 284. The van der Waals surface area contributed by atoms with Crippen LogP contribution in [-0.4, -0.2) is 6.54 Å². The predicted octanol–water partition coefficient (Wildman–Crippen LogP) is 3.84. The summed E-state index contributed by atoms with van der Waals surface area (Å²) in [5.74, 6) is 0. The second kappa shape index (κ2) is 4.50. The maximum absolute atomic E-state index is 3.44. The van der Waals surface area contributed by atoms with E-state index in [9.17, 15) is 0 Å². The molecule has 1 rings (SSSR count). The molecule has 1 aromatic rings. The molecule has 0 spiro atoms. The van der Waals surface area contributed by atoms with Gasteiger partial charge in [-0.05, 0) is 36.5 Å². The van der Waals surface area contributed by atoms with Crippen molar-refractivity contribution >= 4 is 5.69 Å². The molecule has 0 atom stereocenters. The normalized spacial score (nSPS) is 11.4. The van der Waals surface area contributed by atoms with Gasteiger partial charge in [0.15, 0.2) is 0 Å². The molecule has 0 radical (unpaired) electrons. The van der Waals surface area contributed by atoms with Crippen molar-refractivity contribution in [2.75, 3.05) is 11.9 Å². The lowest BCUT2D eigenvalue weighted by molar-refractivity contribution is 0.390. The molecular formula is C13H21N. The minimum Gasteiger partial charge on any atom is -0.385 e. The molecule has 1 heteroatoms. The van der Waals surface area contributed by atoms with E-state index in [0.717, 1.165) is 6.54 Å². The zero-order chi connectivity index (χ0) is 10.6. The van der Waals surface area contributed by atoms with Gasteiger partial charge in [0.05, 0.1) is 0 Å². The quantitative estimate of drug-likeness (QED) is 0.765. The third-order valence-electron chi connectivity index (χ3n) is 2.22. The zero-order valence-corrected chi connectivity index (χ0v) is 9.72. The van der Waals surface area contributed by atoms with Crippen molar-refractivity contribution < 1.29 is 0 Å². The van der Waals surface area contributed by atoms with Gasteiger partial charge < -0.3 is 5.32 Å². The lowest BCUT2D eigenvalue weighted by atomic mass is 9.92. The Morgan fingerprint density at radius 3 is 2.50 bits per heavy atom. The fourth-order valence-corrected chi connectivity index (χ4v) is 1.34. The first-order valence-corrected chi connectivity index (χ1v) is 5.28. The van der Waals surface area contributed by atoms with E-state index in [1.54, 1.807) is 0 Å². The molecule has 0 saturated heterocycles. The van der Waals surface area contributed by atoms with Crippen molar-refractivity contribution in [2.24, 2.45) is 5.41 Å². The number of benzene rings is 1. The average molecular weight is 191 g/mol. The second-order valence-electron chi connectivity index (χ2n) is 5.11. The van der Waals surface area contributed by atoms with Crippen LogP contribution in [0, 0.1) is 12.3 Å². The van der Waals surface area contributed by atoms with Gasteiger partial charge >= 0.3 is 0 Å². The molecule has 1 N–H and O–H groups in total. The number of anilines is 1. The molecule has 0 saturated carbocycles. The molecule has 1 nitrogen and oxygen atoms in total. The highest BCUT2D eigenvalue weighted by Gasteiger charge is 2.08. The molecule has 14 heavy (non-hydrogen) atoms. The summed E-state index contributed by atoms with van der Waals surface area (Å²) in [6, 6.07) is 8.52. The highest BCUT2D eigenvalue weighted by molar-refractivity contribution is 5.45. The van der Waals surface area contributed by atoms with Gasteiger partial charge in [-0.3, -0.25) is 0 Å². The highest BCUT2D eigenvalue weighted by Crippen LogP contribution is 2.18. The van der Waals surface area contributed by atoms with Gasteiger partial charge in [0.1, 0.15) is 0 Å². The van der Waals surface area contributed by atoms with Crippen molar-refractivity contribution in [1.82, 2.24) is 0 Å². The third-order valence-corrected chi connectivity index (χ3v) is 2.22. The summed E-state index contributed by atoms with van der Waals surface area (Å²) < 4.78 is 0.